The molecule has 4 nitrogen and oxygen atoms in total. The second kappa shape index (κ2) is 7.30. The molecule has 3 rings (SSSR count). The standard InChI is InChI=1S/C18H14N2O2S2/c1-21-14-5-6-16(22-2)12(9-14)8-13(10-19)18-20-15(11-24-18)17-4-3-7-23-17/h3-9,11H,1-2H3/b13-8+. The van der Waals surface area contributed by atoms with E-state index in [1.807, 2.05) is 41.1 Å². The zero-order valence-corrected chi connectivity index (χ0v) is 14.8. The highest BCUT2D eigenvalue weighted by Gasteiger charge is 2.11. The number of nitriles is 1. The highest BCUT2D eigenvalue weighted by Crippen LogP contribution is 2.32. The lowest BCUT2D eigenvalue weighted by Gasteiger charge is -2.07. The van der Waals surface area contributed by atoms with Crippen LogP contribution in [0.15, 0.2) is 41.1 Å². The molecule has 0 radical (unpaired) electrons. The normalized spacial score (nSPS) is 11.1. The summed E-state index contributed by atoms with van der Waals surface area (Å²) in [5.41, 5.74) is 2.17. The predicted octanol–water partition coefficient (Wildman–Crippen LogP) is 4.95. The molecular formula is C18H14N2O2S2. The Bertz CT molecular complexity index is 905. The first-order valence-corrected chi connectivity index (χ1v) is 8.84. The summed E-state index contributed by atoms with van der Waals surface area (Å²) in [6.07, 6.45) is 1.78. The first-order valence-electron chi connectivity index (χ1n) is 7.08. The lowest BCUT2D eigenvalue weighted by Crippen LogP contribution is -1.90. The minimum atomic E-state index is 0.495. The van der Waals surface area contributed by atoms with Crippen molar-refractivity contribution in [2.75, 3.05) is 14.2 Å². The van der Waals surface area contributed by atoms with E-state index in [0.717, 1.165) is 16.1 Å². The molecule has 0 saturated heterocycles. The molecule has 0 aliphatic carbocycles. The third-order valence-corrected chi connectivity index (χ3v) is 5.13. The number of hydrogen-bond donors (Lipinski definition) is 0. The third kappa shape index (κ3) is 3.32. The van der Waals surface area contributed by atoms with Gasteiger partial charge in [0, 0.05) is 10.9 Å². The maximum Gasteiger partial charge on any atom is 0.134 e. The van der Waals surface area contributed by atoms with Crippen molar-refractivity contribution in [3.05, 3.63) is 51.7 Å². The molecule has 2 heterocycles. The van der Waals surface area contributed by atoms with Gasteiger partial charge in [-0.2, -0.15) is 5.26 Å². The Balaban J connectivity index is 2.00. The Morgan fingerprint density at radius 3 is 2.75 bits per heavy atom. The number of thiazole rings is 1. The summed E-state index contributed by atoms with van der Waals surface area (Å²) in [5.74, 6) is 1.39. The van der Waals surface area contributed by atoms with Gasteiger partial charge < -0.3 is 9.47 Å². The molecule has 1 aromatic carbocycles. The molecule has 3 aromatic rings. The molecule has 0 bridgehead atoms. The summed E-state index contributed by atoms with van der Waals surface area (Å²) in [6.45, 7) is 0. The molecule has 2 aromatic heterocycles. The van der Waals surface area contributed by atoms with Crippen molar-refractivity contribution in [2.45, 2.75) is 0 Å². The largest absolute Gasteiger partial charge is 0.497 e. The van der Waals surface area contributed by atoms with E-state index in [1.165, 1.54) is 11.3 Å². The summed E-state index contributed by atoms with van der Waals surface area (Å²) in [6, 6.07) is 11.7. The Hall–Kier alpha value is -2.62. The van der Waals surface area contributed by atoms with Crippen LogP contribution in [0.5, 0.6) is 11.5 Å². The van der Waals surface area contributed by atoms with Gasteiger partial charge in [0.05, 0.1) is 30.4 Å². The zero-order chi connectivity index (χ0) is 16.9. The van der Waals surface area contributed by atoms with Gasteiger partial charge in [-0.3, -0.25) is 0 Å². The van der Waals surface area contributed by atoms with Crippen LogP contribution in [-0.4, -0.2) is 19.2 Å². The van der Waals surface area contributed by atoms with Crippen molar-refractivity contribution in [3.8, 4) is 28.1 Å². The number of methoxy groups -OCH3 is 2. The van der Waals surface area contributed by atoms with Gasteiger partial charge in [-0.1, -0.05) is 6.07 Å². The van der Waals surface area contributed by atoms with Crippen molar-refractivity contribution in [3.63, 3.8) is 0 Å². The number of aromatic nitrogens is 1. The fourth-order valence-corrected chi connectivity index (χ4v) is 3.73. The number of ether oxygens (including phenoxy) is 2. The van der Waals surface area contributed by atoms with E-state index in [1.54, 1.807) is 31.6 Å². The number of thiophene rings is 1. The monoisotopic (exact) mass is 354 g/mol. The molecule has 0 atom stereocenters. The second-order valence-corrected chi connectivity index (χ2v) is 6.60. The number of allylic oxidation sites excluding steroid dienone is 1. The van der Waals surface area contributed by atoms with E-state index in [9.17, 15) is 5.26 Å². The van der Waals surface area contributed by atoms with Crippen LogP contribution in [0.2, 0.25) is 0 Å². The van der Waals surface area contributed by atoms with Crippen LogP contribution in [-0.2, 0) is 0 Å². The van der Waals surface area contributed by atoms with Crippen molar-refractivity contribution < 1.29 is 9.47 Å². The maximum absolute atomic E-state index is 9.55. The number of hydrogen-bond acceptors (Lipinski definition) is 6. The highest BCUT2D eigenvalue weighted by atomic mass is 32.1. The van der Waals surface area contributed by atoms with Crippen LogP contribution in [0, 0.1) is 11.3 Å². The topological polar surface area (TPSA) is 55.1 Å². The smallest absolute Gasteiger partial charge is 0.134 e. The van der Waals surface area contributed by atoms with E-state index >= 15 is 0 Å². The van der Waals surface area contributed by atoms with E-state index in [-0.39, 0.29) is 0 Å². The average Bonchev–Trinajstić information content (AvgIpc) is 3.30. The van der Waals surface area contributed by atoms with E-state index < -0.39 is 0 Å². The zero-order valence-electron chi connectivity index (χ0n) is 13.1. The molecule has 0 aliphatic heterocycles. The van der Waals surface area contributed by atoms with E-state index in [4.69, 9.17) is 9.47 Å². The summed E-state index contributed by atoms with van der Waals surface area (Å²) >= 11 is 3.08. The second-order valence-electron chi connectivity index (χ2n) is 4.79. The molecule has 0 aliphatic rings. The van der Waals surface area contributed by atoms with Crippen molar-refractivity contribution in [1.82, 2.24) is 4.98 Å². The molecule has 120 valence electrons. The fraction of sp³-hybridized carbons (Fsp3) is 0.111. The van der Waals surface area contributed by atoms with Crippen LogP contribution in [0.25, 0.3) is 22.2 Å². The first-order chi connectivity index (χ1) is 11.7. The van der Waals surface area contributed by atoms with Gasteiger partial charge in [-0.05, 0) is 35.7 Å². The van der Waals surface area contributed by atoms with Gasteiger partial charge in [0.1, 0.15) is 22.6 Å². The van der Waals surface area contributed by atoms with Crippen LogP contribution >= 0.6 is 22.7 Å². The maximum atomic E-state index is 9.55. The summed E-state index contributed by atoms with van der Waals surface area (Å²) in [7, 11) is 3.21. The third-order valence-electron chi connectivity index (χ3n) is 3.37. The van der Waals surface area contributed by atoms with Crippen molar-refractivity contribution >= 4 is 34.3 Å². The van der Waals surface area contributed by atoms with Gasteiger partial charge in [0.15, 0.2) is 0 Å². The number of benzene rings is 1. The molecule has 0 N–H and O–H groups in total. The van der Waals surface area contributed by atoms with Gasteiger partial charge in [0.2, 0.25) is 0 Å². The molecule has 0 fully saturated rings. The molecule has 24 heavy (non-hydrogen) atoms. The lowest BCUT2D eigenvalue weighted by atomic mass is 10.1. The van der Waals surface area contributed by atoms with Crippen LogP contribution < -0.4 is 9.47 Å². The van der Waals surface area contributed by atoms with Gasteiger partial charge >= 0.3 is 0 Å². The van der Waals surface area contributed by atoms with Crippen LogP contribution in [0.3, 0.4) is 0 Å². The number of rotatable bonds is 5. The summed E-state index contributed by atoms with van der Waals surface area (Å²) in [4.78, 5) is 5.68. The van der Waals surface area contributed by atoms with Gasteiger partial charge in [0.25, 0.3) is 0 Å². The lowest BCUT2D eigenvalue weighted by molar-refractivity contribution is 0.402. The average molecular weight is 354 g/mol. The Kier molecular flexibility index (Phi) is 4.94. The summed E-state index contributed by atoms with van der Waals surface area (Å²) in [5, 5.41) is 14.2. The highest BCUT2D eigenvalue weighted by molar-refractivity contribution is 7.14. The van der Waals surface area contributed by atoms with E-state index in [2.05, 4.69) is 11.1 Å². The van der Waals surface area contributed by atoms with E-state index in [0.29, 0.717) is 22.1 Å². The molecular weight excluding hydrogens is 340 g/mol. The van der Waals surface area contributed by atoms with Crippen molar-refractivity contribution in [1.29, 1.82) is 5.26 Å². The minimum Gasteiger partial charge on any atom is -0.497 e. The molecule has 0 amide bonds. The number of nitrogens with zero attached hydrogens (tertiary/aromatic N) is 2. The quantitative estimate of drug-likeness (QED) is 0.608. The summed E-state index contributed by atoms with van der Waals surface area (Å²) < 4.78 is 10.6. The van der Waals surface area contributed by atoms with Crippen LogP contribution in [0.1, 0.15) is 10.6 Å². The van der Waals surface area contributed by atoms with Crippen molar-refractivity contribution in [2.24, 2.45) is 0 Å². The Morgan fingerprint density at radius 2 is 2.08 bits per heavy atom. The minimum absolute atomic E-state index is 0.495. The fourth-order valence-electron chi connectivity index (χ4n) is 2.18. The van der Waals surface area contributed by atoms with Crippen LogP contribution in [0.4, 0.5) is 0 Å². The SMILES string of the molecule is COc1ccc(OC)c(/C=C(\C#N)c2nc(-c3cccs3)cs2)c1. The van der Waals surface area contributed by atoms with Gasteiger partial charge in [-0.15, -0.1) is 22.7 Å². The molecule has 0 unspecified atom stereocenters. The Morgan fingerprint density at radius 1 is 1.21 bits per heavy atom. The molecule has 6 heteroatoms. The first kappa shape index (κ1) is 16.2. The predicted molar refractivity (Wildman–Crippen MR) is 98.5 cm³/mol. The molecule has 0 spiro atoms. The van der Waals surface area contributed by atoms with Gasteiger partial charge in [-0.25, -0.2) is 4.98 Å². The Labute approximate surface area is 148 Å². The molecule has 0 saturated carbocycles.